The number of rotatable bonds is 13. The monoisotopic (exact) mass is 348 g/mol. The lowest BCUT2D eigenvalue weighted by molar-refractivity contribution is -0.129. The zero-order chi connectivity index (χ0) is 18.5. The lowest BCUT2D eigenvalue weighted by Gasteiger charge is -2.25. The van der Waals surface area contributed by atoms with Gasteiger partial charge >= 0.3 is 0 Å². The van der Waals surface area contributed by atoms with E-state index in [-0.39, 0.29) is 5.91 Å². The third kappa shape index (κ3) is 9.49. The van der Waals surface area contributed by atoms with Gasteiger partial charge in [-0.3, -0.25) is 4.79 Å². The first kappa shape index (κ1) is 21.5. The van der Waals surface area contributed by atoms with E-state index in [9.17, 15) is 4.79 Å². The number of nitrogens with one attached hydrogen (secondary N) is 1. The fourth-order valence-electron chi connectivity index (χ4n) is 2.84. The number of carbonyl (C=O) groups excluding carboxylic acids is 1. The summed E-state index contributed by atoms with van der Waals surface area (Å²) in [6, 6.07) is 8.67. The summed E-state index contributed by atoms with van der Waals surface area (Å²) >= 11 is 0. The van der Waals surface area contributed by atoms with Gasteiger partial charge < -0.3 is 15.0 Å². The Morgan fingerprint density at radius 3 is 2.72 bits per heavy atom. The molecule has 0 bridgehead atoms. The number of hydrogen-bond acceptors (Lipinski definition) is 3. The minimum atomic E-state index is 0.156. The fraction of sp³-hybridized carbons (Fsp3) is 0.667. The van der Waals surface area contributed by atoms with E-state index >= 15 is 0 Å². The summed E-state index contributed by atoms with van der Waals surface area (Å²) in [5.41, 5.74) is 1.28. The van der Waals surface area contributed by atoms with Gasteiger partial charge in [0.05, 0.1) is 6.61 Å². The standard InChI is InChI=1S/C21H36N2O2/c1-5-7-8-15-25-21-11-9-10-20(16-21)12-13-22-18(3)17-23(14-6-2)19(4)24/h9-11,16,18,22H,5-8,12-15,17H2,1-4H3. The van der Waals surface area contributed by atoms with Gasteiger partial charge in [-0.15, -0.1) is 0 Å². The predicted molar refractivity (Wildman–Crippen MR) is 105 cm³/mol. The van der Waals surface area contributed by atoms with Crippen LogP contribution in [0.4, 0.5) is 0 Å². The SMILES string of the molecule is CCCCCOc1cccc(CCNC(C)CN(CCC)C(C)=O)c1. The van der Waals surface area contributed by atoms with Crippen LogP contribution in [0.3, 0.4) is 0 Å². The molecule has 142 valence electrons. The molecule has 1 rings (SSSR count). The van der Waals surface area contributed by atoms with E-state index in [1.165, 1.54) is 18.4 Å². The van der Waals surface area contributed by atoms with E-state index in [2.05, 4.69) is 44.3 Å². The first-order chi connectivity index (χ1) is 12.1. The van der Waals surface area contributed by atoms with E-state index < -0.39 is 0 Å². The Labute approximate surface area is 153 Å². The average molecular weight is 349 g/mol. The number of benzene rings is 1. The molecule has 0 aliphatic heterocycles. The molecule has 0 fully saturated rings. The molecule has 1 aromatic carbocycles. The molecule has 1 atom stereocenters. The summed E-state index contributed by atoms with van der Waals surface area (Å²) in [5, 5.41) is 3.52. The summed E-state index contributed by atoms with van der Waals surface area (Å²) in [7, 11) is 0. The Kier molecular flexibility index (Phi) is 11.0. The van der Waals surface area contributed by atoms with Gasteiger partial charge in [0.2, 0.25) is 5.91 Å². The second-order valence-electron chi connectivity index (χ2n) is 6.77. The molecule has 1 N–H and O–H groups in total. The lowest BCUT2D eigenvalue weighted by Crippen LogP contribution is -2.42. The van der Waals surface area contributed by atoms with Crippen molar-refractivity contribution in [3.63, 3.8) is 0 Å². The van der Waals surface area contributed by atoms with Crippen LogP contribution in [0.15, 0.2) is 24.3 Å². The summed E-state index contributed by atoms with van der Waals surface area (Å²) in [6.07, 6.45) is 5.51. The molecule has 0 aromatic heterocycles. The highest BCUT2D eigenvalue weighted by Crippen LogP contribution is 2.14. The molecule has 1 amide bonds. The van der Waals surface area contributed by atoms with Crippen LogP contribution in [0.2, 0.25) is 0 Å². The third-order valence-electron chi connectivity index (χ3n) is 4.25. The van der Waals surface area contributed by atoms with E-state index in [0.717, 1.165) is 51.3 Å². The van der Waals surface area contributed by atoms with Gasteiger partial charge in [-0.25, -0.2) is 0 Å². The van der Waals surface area contributed by atoms with Crippen molar-refractivity contribution < 1.29 is 9.53 Å². The summed E-state index contributed by atoms with van der Waals surface area (Å²) < 4.78 is 5.82. The molecule has 1 unspecified atom stereocenters. The van der Waals surface area contributed by atoms with Crippen LogP contribution >= 0.6 is 0 Å². The molecule has 0 radical (unpaired) electrons. The number of nitrogens with zero attached hydrogens (tertiary/aromatic N) is 1. The largest absolute Gasteiger partial charge is 0.494 e. The Morgan fingerprint density at radius 1 is 1.24 bits per heavy atom. The predicted octanol–water partition coefficient (Wildman–Crippen LogP) is 4.03. The maximum atomic E-state index is 11.6. The van der Waals surface area contributed by atoms with E-state index in [4.69, 9.17) is 4.74 Å². The van der Waals surface area contributed by atoms with Crippen molar-refractivity contribution >= 4 is 5.91 Å². The zero-order valence-electron chi connectivity index (χ0n) is 16.5. The van der Waals surface area contributed by atoms with Crippen molar-refractivity contribution in [3.05, 3.63) is 29.8 Å². The van der Waals surface area contributed by atoms with E-state index in [1.807, 2.05) is 11.0 Å². The maximum absolute atomic E-state index is 11.6. The van der Waals surface area contributed by atoms with Crippen LogP contribution in [-0.4, -0.2) is 43.1 Å². The number of amides is 1. The van der Waals surface area contributed by atoms with Crippen molar-refractivity contribution in [1.29, 1.82) is 0 Å². The van der Waals surface area contributed by atoms with E-state index in [1.54, 1.807) is 6.92 Å². The molecule has 0 saturated carbocycles. The van der Waals surface area contributed by atoms with Crippen LogP contribution in [-0.2, 0) is 11.2 Å². The normalized spacial score (nSPS) is 12.0. The van der Waals surface area contributed by atoms with Gasteiger partial charge in [-0.2, -0.15) is 0 Å². The van der Waals surface area contributed by atoms with Gasteiger partial charge in [0.25, 0.3) is 0 Å². The third-order valence-corrected chi connectivity index (χ3v) is 4.25. The van der Waals surface area contributed by atoms with Gasteiger partial charge in [-0.1, -0.05) is 38.8 Å². The summed E-state index contributed by atoms with van der Waals surface area (Å²) in [4.78, 5) is 13.5. The number of hydrogen-bond donors (Lipinski definition) is 1. The topological polar surface area (TPSA) is 41.6 Å². The van der Waals surface area contributed by atoms with Gasteiger partial charge in [0.15, 0.2) is 0 Å². The summed E-state index contributed by atoms with van der Waals surface area (Å²) in [6.45, 7) is 11.4. The van der Waals surface area contributed by atoms with Crippen molar-refractivity contribution in [3.8, 4) is 5.75 Å². The number of carbonyl (C=O) groups is 1. The van der Waals surface area contributed by atoms with Gasteiger partial charge in [-0.05, 0) is 50.4 Å². The first-order valence-corrected chi connectivity index (χ1v) is 9.77. The molecule has 1 aromatic rings. The summed E-state index contributed by atoms with van der Waals surface area (Å²) in [5.74, 6) is 1.12. The molecule has 0 saturated heterocycles. The highest BCUT2D eigenvalue weighted by molar-refractivity contribution is 5.73. The number of unbranched alkanes of at least 4 members (excludes halogenated alkanes) is 2. The quantitative estimate of drug-likeness (QED) is 0.547. The Morgan fingerprint density at radius 2 is 2.04 bits per heavy atom. The fourth-order valence-corrected chi connectivity index (χ4v) is 2.84. The first-order valence-electron chi connectivity index (χ1n) is 9.77. The molecule has 0 aliphatic rings. The van der Waals surface area contributed by atoms with Crippen molar-refractivity contribution in [1.82, 2.24) is 10.2 Å². The molecule has 0 spiro atoms. The van der Waals surface area contributed by atoms with Crippen LogP contribution in [0.25, 0.3) is 0 Å². The Hall–Kier alpha value is -1.55. The molecule has 25 heavy (non-hydrogen) atoms. The molecule has 0 heterocycles. The molecule has 4 nitrogen and oxygen atoms in total. The Bertz CT molecular complexity index is 491. The van der Waals surface area contributed by atoms with Crippen molar-refractivity contribution in [2.24, 2.45) is 0 Å². The van der Waals surface area contributed by atoms with Crippen LogP contribution < -0.4 is 10.1 Å². The highest BCUT2D eigenvalue weighted by atomic mass is 16.5. The maximum Gasteiger partial charge on any atom is 0.219 e. The van der Waals surface area contributed by atoms with Gasteiger partial charge in [0.1, 0.15) is 5.75 Å². The molecule has 0 aliphatic carbocycles. The van der Waals surface area contributed by atoms with Crippen LogP contribution in [0, 0.1) is 0 Å². The lowest BCUT2D eigenvalue weighted by atomic mass is 10.1. The second kappa shape index (κ2) is 12.8. The second-order valence-corrected chi connectivity index (χ2v) is 6.77. The smallest absolute Gasteiger partial charge is 0.219 e. The van der Waals surface area contributed by atoms with Crippen molar-refractivity contribution in [2.45, 2.75) is 65.8 Å². The van der Waals surface area contributed by atoms with E-state index in [0.29, 0.717) is 6.04 Å². The number of ether oxygens (including phenoxy) is 1. The van der Waals surface area contributed by atoms with Crippen LogP contribution in [0.1, 0.15) is 58.9 Å². The molecular formula is C21H36N2O2. The van der Waals surface area contributed by atoms with Gasteiger partial charge in [0, 0.05) is 26.1 Å². The molecular weight excluding hydrogens is 312 g/mol. The van der Waals surface area contributed by atoms with Crippen molar-refractivity contribution in [2.75, 3.05) is 26.2 Å². The zero-order valence-corrected chi connectivity index (χ0v) is 16.5. The minimum Gasteiger partial charge on any atom is -0.494 e. The highest BCUT2D eigenvalue weighted by Gasteiger charge is 2.11. The molecule has 4 heteroatoms. The van der Waals surface area contributed by atoms with Crippen LogP contribution in [0.5, 0.6) is 5.75 Å². The minimum absolute atomic E-state index is 0.156. The average Bonchev–Trinajstić information content (AvgIpc) is 2.59. The Balaban J connectivity index is 2.33.